The molecule has 0 heterocycles. The van der Waals surface area contributed by atoms with Crippen molar-refractivity contribution in [2.45, 2.75) is 58.9 Å². The first-order chi connectivity index (χ1) is 16.4. The molecule has 0 aliphatic carbocycles. The molecule has 0 saturated carbocycles. The van der Waals surface area contributed by atoms with Crippen LogP contribution < -0.4 is 9.62 Å². The van der Waals surface area contributed by atoms with E-state index in [1.807, 2.05) is 19.1 Å². The van der Waals surface area contributed by atoms with Crippen molar-refractivity contribution in [3.63, 3.8) is 0 Å². The number of amides is 2. The highest BCUT2D eigenvalue weighted by molar-refractivity contribution is 7.92. The number of carbonyl (C=O) groups is 2. The lowest BCUT2D eigenvalue weighted by Crippen LogP contribution is -2.54. The number of alkyl halides is 3. The van der Waals surface area contributed by atoms with Crippen LogP contribution in [-0.2, 0) is 32.3 Å². The van der Waals surface area contributed by atoms with Gasteiger partial charge in [-0.1, -0.05) is 30.3 Å². The second-order valence-electron chi connectivity index (χ2n) is 9.68. The van der Waals surface area contributed by atoms with Crippen LogP contribution >= 0.6 is 0 Å². The first kappa shape index (κ1) is 29.2. The normalized spacial score (nSPS) is 13.1. The van der Waals surface area contributed by atoms with Crippen molar-refractivity contribution in [2.24, 2.45) is 0 Å². The van der Waals surface area contributed by atoms with E-state index in [1.54, 1.807) is 32.9 Å². The average molecular weight is 528 g/mol. The second-order valence-corrected chi connectivity index (χ2v) is 11.6. The minimum Gasteiger partial charge on any atom is -0.350 e. The quantitative estimate of drug-likeness (QED) is 0.560. The zero-order valence-electron chi connectivity index (χ0n) is 21.2. The van der Waals surface area contributed by atoms with Crippen LogP contribution in [0.1, 0.15) is 44.4 Å². The van der Waals surface area contributed by atoms with Crippen molar-refractivity contribution in [3.05, 3.63) is 65.2 Å². The Labute approximate surface area is 210 Å². The Morgan fingerprint density at radius 1 is 1.03 bits per heavy atom. The molecule has 2 rings (SSSR count). The molecule has 2 aromatic rings. The lowest BCUT2D eigenvalue weighted by Gasteiger charge is -2.33. The summed E-state index contributed by atoms with van der Waals surface area (Å²) >= 11 is 0. The van der Waals surface area contributed by atoms with Gasteiger partial charge in [0.05, 0.1) is 17.5 Å². The molecular formula is C25H32F3N3O4S. The third-order valence-corrected chi connectivity index (χ3v) is 6.55. The van der Waals surface area contributed by atoms with Gasteiger partial charge >= 0.3 is 6.18 Å². The molecule has 0 saturated heterocycles. The van der Waals surface area contributed by atoms with Crippen LogP contribution in [0.15, 0.2) is 48.5 Å². The van der Waals surface area contributed by atoms with Crippen LogP contribution in [0.2, 0.25) is 0 Å². The molecule has 7 nitrogen and oxygen atoms in total. The molecule has 0 fully saturated rings. The minimum absolute atomic E-state index is 0.00439. The van der Waals surface area contributed by atoms with Gasteiger partial charge in [-0.05, 0) is 63.9 Å². The Morgan fingerprint density at radius 3 is 2.17 bits per heavy atom. The molecule has 0 radical (unpaired) electrons. The van der Waals surface area contributed by atoms with Crippen molar-refractivity contribution in [3.8, 4) is 0 Å². The van der Waals surface area contributed by atoms with Gasteiger partial charge in [-0.3, -0.25) is 13.9 Å². The lowest BCUT2D eigenvalue weighted by atomic mass is 10.1. The number of aryl methyl sites for hydroxylation is 1. The summed E-state index contributed by atoms with van der Waals surface area (Å²) in [6, 6.07) is 9.98. The van der Waals surface area contributed by atoms with E-state index >= 15 is 0 Å². The lowest BCUT2D eigenvalue weighted by molar-refractivity contribution is -0.140. The molecule has 0 aliphatic rings. The predicted octanol–water partition coefficient (Wildman–Crippen LogP) is 4.11. The smallest absolute Gasteiger partial charge is 0.350 e. The zero-order valence-corrected chi connectivity index (χ0v) is 22.0. The van der Waals surface area contributed by atoms with Crippen LogP contribution in [0.4, 0.5) is 18.9 Å². The molecule has 11 heteroatoms. The van der Waals surface area contributed by atoms with E-state index in [9.17, 15) is 31.2 Å². The maximum absolute atomic E-state index is 13.5. The van der Waals surface area contributed by atoms with Gasteiger partial charge in [-0.15, -0.1) is 0 Å². The van der Waals surface area contributed by atoms with E-state index in [-0.39, 0.29) is 12.2 Å². The number of rotatable bonds is 8. The number of hydrogen-bond donors (Lipinski definition) is 1. The fraction of sp³-hybridized carbons (Fsp3) is 0.440. The number of anilines is 1. The van der Waals surface area contributed by atoms with E-state index in [4.69, 9.17) is 0 Å². The standard InChI is InChI=1S/C25H32F3N3O4S/c1-17-10-7-8-11-19(17)15-30(18(2)23(33)29-24(3,4)5)22(32)16-31(36(6,34)35)21-13-9-12-20(14-21)25(26,27)28/h7-14,18H,15-16H2,1-6H3,(H,29,33). The SMILES string of the molecule is Cc1ccccc1CN(C(=O)CN(c1cccc(C(F)(F)F)c1)S(C)(=O)=O)C(C)C(=O)NC(C)(C)C. The van der Waals surface area contributed by atoms with Gasteiger partial charge in [0.15, 0.2) is 0 Å². The summed E-state index contributed by atoms with van der Waals surface area (Å²) in [5.41, 5.74) is -0.332. The Kier molecular flexibility index (Phi) is 8.82. The van der Waals surface area contributed by atoms with Crippen LogP contribution in [0.25, 0.3) is 0 Å². The molecule has 1 atom stereocenters. The van der Waals surface area contributed by atoms with Gasteiger partial charge < -0.3 is 10.2 Å². The monoisotopic (exact) mass is 527 g/mol. The maximum atomic E-state index is 13.5. The van der Waals surface area contributed by atoms with E-state index in [0.29, 0.717) is 10.4 Å². The number of nitrogens with one attached hydrogen (secondary N) is 1. The third-order valence-electron chi connectivity index (χ3n) is 5.41. The van der Waals surface area contributed by atoms with Crippen molar-refractivity contribution < 1.29 is 31.2 Å². The Hall–Kier alpha value is -3.08. The summed E-state index contributed by atoms with van der Waals surface area (Å²) in [6.07, 6.45) is -3.89. The minimum atomic E-state index is -4.69. The molecule has 36 heavy (non-hydrogen) atoms. The first-order valence-corrected chi connectivity index (χ1v) is 13.1. The molecule has 2 aromatic carbocycles. The van der Waals surface area contributed by atoms with Gasteiger partial charge in [-0.2, -0.15) is 13.2 Å². The highest BCUT2D eigenvalue weighted by Gasteiger charge is 2.34. The summed E-state index contributed by atoms with van der Waals surface area (Å²) in [7, 11) is -4.15. The maximum Gasteiger partial charge on any atom is 0.416 e. The molecule has 1 unspecified atom stereocenters. The summed E-state index contributed by atoms with van der Waals surface area (Å²) in [6.45, 7) is 7.93. The van der Waals surface area contributed by atoms with Crippen molar-refractivity contribution >= 4 is 27.5 Å². The number of hydrogen-bond acceptors (Lipinski definition) is 4. The van der Waals surface area contributed by atoms with Gasteiger partial charge in [0, 0.05) is 12.1 Å². The van der Waals surface area contributed by atoms with Crippen LogP contribution in [0.3, 0.4) is 0 Å². The van der Waals surface area contributed by atoms with Crippen molar-refractivity contribution in [2.75, 3.05) is 17.1 Å². The molecule has 0 bridgehead atoms. The summed E-state index contributed by atoms with van der Waals surface area (Å²) in [5.74, 6) is -1.19. The van der Waals surface area contributed by atoms with Crippen LogP contribution in [-0.4, -0.2) is 49.5 Å². The molecule has 1 N–H and O–H groups in total. The van der Waals surface area contributed by atoms with Gasteiger partial charge in [0.2, 0.25) is 21.8 Å². The van der Waals surface area contributed by atoms with Crippen molar-refractivity contribution in [1.29, 1.82) is 0 Å². The molecule has 0 spiro atoms. The van der Waals surface area contributed by atoms with E-state index in [0.717, 1.165) is 29.5 Å². The fourth-order valence-corrected chi connectivity index (χ4v) is 4.32. The molecule has 0 aromatic heterocycles. The van der Waals surface area contributed by atoms with E-state index < -0.39 is 51.7 Å². The predicted molar refractivity (Wildman–Crippen MR) is 133 cm³/mol. The van der Waals surface area contributed by atoms with Crippen LogP contribution in [0.5, 0.6) is 0 Å². The van der Waals surface area contributed by atoms with Gasteiger partial charge in [-0.25, -0.2) is 8.42 Å². The topological polar surface area (TPSA) is 86.8 Å². The van der Waals surface area contributed by atoms with E-state index in [2.05, 4.69) is 5.32 Å². The molecular weight excluding hydrogens is 495 g/mol. The number of halogens is 3. The Morgan fingerprint density at radius 2 is 1.64 bits per heavy atom. The number of benzene rings is 2. The van der Waals surface area contributed by atoms with E-state index in [1.165, 1.54) is 17.9 Å². The highest BCUT2D eigenvalue weighted by atomic mass is 32.2. The van der Waals surface area contributed by atoms with Gasteiger partial charge in [0.25, 0.3) is 0 Å². The Bertz CT molecular complexity index is 1210. The molecule has 2 amide bonds. The third kappa shape index (κ3) is 7.97. The van der Waals surface area contributed by atoms with Gasteiger partial charge in [0.1, 0.15) is 12.6 Å². The van der Waals surface area contributed by atoms with Crippen LogP contribution in [0, 0.1) is 6.92 Å². The summed E-state index contributed by atoms with van der Waals surface area (Å²) in [4.78, 5) is 27.7. The Balaban J connectivity index is 2.47. The number of sulfonamides is 1. The fourth-order valence-electron chi connectivity index (χ4n) is 3.48. The summed E-state index contributed by atoms with van der Waals surface area (Å²) in [5, 5.41) is 2.80. The zero-order chi connectivity index (χ0) is 27.5. The molecule has 0 aliphatic heterocycles. The highest BCUT2D eigenvalue weighted by Crippen LogP contribution is 2.32. The largest absolute Gasteiger partial charge is 0.416 e. The molecule has 198 valence electrons. The second kappa shape index (κ2) is 10.9. The number of nitrogens with zero attached hydrogens (tertiary/aromatic N) is 2. The summed E-state index contributed by atoms with van der Waals surface area (Å²) < 4.78 is 65.4. The average Bonchev–Trinajstić information content (AvgIpc) is 2.73. The number of carbonyl (C=O) groups excluding carboxylic acids is 2. The first-order valence-electron chi connectivity index (χ1n) is 11.2. The van der Waals surface area contributed by atoms with Crippen molar-refractivity contribution in [1.82, 2.24) is 10.2 Å².